The third kappa shape index (κ3) is 6.13. The zero-order valence-electron chi connectivity index (χ0n) is 11.0. The molecule has 0 spiro atoms. The van der Waals surface area contributed by atoms with Crippen molar-refractivity contribution < 1.29 is 4.74 Å². The van der Waals surface area contributed by atoms with Crippen LogP contribution in [0.25, 0.3) is 0 Å². The summed E-state index contributed by atoms with van der Waals surface area (Å²) in [6.45, 7) is 11.7. The van der Waals surface area contributed by atoms with Crippen LogP contribution in [0, 0.1) is 11.3 Å². The van der Waals surface area contributed by atoms with Crippen molar-refractivity contribution in [2.24, 2.45) is 17.1 Å². The molecule has 0 aliphatic heterocycles. The normalized spacial score (nSPS) is 14.6. The molecule has 1 unspecified atom stereocenters. The number of nitrogens with two attached hydrogens (primary N) is 1. The van der Waals surface area contributed by atoms with E-state index in [1.54, 1.807) is 7.11 Å². The molecule has 0 heterocycles. The summed E-state index contributed by atoms with van der Waals surface area (Å²) in [6, 6.07) is 0. The summed E-state index contributed by atoms with van der Waals surface area (Å²) < 4.78 is 5.21. The first-order valence-corrected chi connectivity index (χ1v) is 5.87. The Morgan fingerprint density at radius 1 is 1.33 bits per heavy atom. The maximum Gasteiger partial charge on any atom is 0.0705 e. The Bertz CT molecular complexity index is 154. The maximum absolute atomic E-state index is 5.55. The van der Waals surface area contributed by atoms with Crippen LogP contribution in [-0.4, -0.2) is 32.8 Å². The quantitative estimate of drug-likeness (QED) is 0.606. The molecule has 0 aromatic carbocycles. The first-order valence-electron chi connectivity index (χ1n) is 5.87. The van der Waals surface area contributed by atoms with E-state index < -0.39 is 0 Å². The van der Waals surface area contributed by atoms with Crippen molar-refractivity contribution in [2.75, 3.05) is 26.7 Å². The minimum Gasteiger partial charge on any atom is -0.380 e. The minimum atomic E-state index is 0.194. The fourth-order valence-corrected chi connectivity index (χ4v) is 1.21. The molecule has 3 nitrogen and oxygen atoms in total. The highest BCUT2D eigenvalue weighted by molar-refractivity contribution is 4.75. The van der Waals surface area contributed by atoms with Crippen LogP contribution in [0.2, 0.25) is 0 Å². The highest BCUT2D eigenvalue weighted by Crippen LogP contribution is 2.24. The Balaban J connectivity index is 3.62. The van der Waals surface area contributed by atoms with Gasteiger partial charge in [0, 0.05) is 20.2 Å². The van der Waals surface area contributed by atoms with Crippen molar-refractivity contribution in [3.63, 3.8) is 0 Å². The van der Waals surface area contributed by atoms with Crippen LogP contribution in [0.1, 0.15) is 34.1 Å². The lowest BCUT2D eigenvalue weighted by molar-refractivity contribution is 0.101. The van der Waals surface area contributed by atoms with Crippen LogP contribution >= 0.6 is 0 Å². The fraction of sp³-hybridized carbons (Fsp3) is 1.00. The summed E-state index contributed by atoms with van der Waals surface area (Å²) in [5.74, 6) is 0.692. The number of methoxy groups -OCH3 is 1. The molecule has 0 aliphatic rings. The number of hydrogen-bond donors (Lipinski definition) is 2. The molecular formula is C12H28N2O. The molecule has 92 valence electrons. The molecule has 0 aromatic rings. The molecule has 0 rings (SSSR count). The first-order chi connectivity index (χ1) is 6.94. The molecule has 0 bridgehead atoms. The van der Waals surface area contributed by atoms with Crippen molar-refractivity contribution in [3.8, 4) is 0 Å². The molecule has 0 radical (unpaired) electrons. The number of nitrogens with one attached hydrogen (secondary N) is 1. The van der Waals surface area contributed by atoms with Gasteiger partial charge in [-0.25, -0.2) is 0 Å². The van der Waals surface area contributed by atoms with Gasteiger partial charge in [-0.1, -0.05) is 27.7 Å². The Labute approximate surface area is 94.8 Å². The summed E-state index contributed by atoms with van der Waals surface area (Å²) in [4.78, 5) is 0. The van der Waals surface area contributed by atoms with E-state index in [0.717, 1.165) is 19.5 Å². The molecule has 3 heteroatoms. The highest BCUT2D eigenvalue weighted by atomic mass is 16.5. The summed E-state index contributed by atoms with van der Waals surface area (Å²) >= 11 is 0. The Hall–Kier alpha value is -0.120. The average molecular weight is 216 g/mol. The lowest BCUT2D eigenvalue weighted by Crippen LogP contribution is -2.35. The van der Waals surface area contributed by atoms with Gasteiger partial charge in [0.2, 0.25) is 0 Å². The molecule has 3 N–H and O–H groups in total. The summed E-state index contributed by atoms with van der Waals surface area (Å²) in [6.07, 6.45) is 1.18. The van der Waals surface area contributed by atoms with E-state index in [4.69, 9.17) is 10.5 Å². The smallest absolute Gasteiger partial charge is 0.0705 e. The van der Waals surface area contributed by atoms with Crippen LogP contribution in [0.3, 0.4) is 0 Å². The number of ether oxygens (including phenoxy) is 1. The summed E-state index contributed by atoms with van der Waals surface area (Å²) in [7, 11) is 1.72. The van der Waals surface area contributed by atoms with Gasteiger partial charge in [0.05, 0.1) is 6.10 Å². The van der Waals surface area contributed by atoms with E-state index >= 15 is 0 Å². The Kier molecular flexibility index (Phi) is 7.14. The van der Waals surface area contributed by atoms with Crippen LogP contribution in [0.5, 0.6) is 0 Å². The van der Waals surface area contributed by atoms with E-state index in [9.17, 15) is 0 Å². The van der Waals surface area contributed by atoms with Crippen molar-refractivity contribution >= 4 is 0 Å². The van der Waals surface area contributed by atoms with Gasteiger partial charge in [-0.05, 0) is 24.3 Å². The minimum absolute atomic E-state index is 0.194. The second-order valence-electron chi connectivity index (χ2n) is 5.20. The molecule has 0 saturated carbocycles. The van der Waals surface area contributed by atoms with Crippen LogP contribution in [-0.2, 0) is 4.74 Å². The number of rotatable bonds is 8. The van der Waals surface area contributed by atoms with E-state index in [2.05, 4.69) is 33.0 Å². The van der Waals surface area contributed by atoms with Gasteiger partial charge in [-0.15, -0.1) is 0 Å². The predicted molar refractivity (Wildman–Crippen MR) is 66.0 cm³/mol. The molecule has 1 atom stereocenters. The summed E-state index contributed by atoms with van der Waals surface area (Å²) in [5, 5.41) is 3.47. The number of hydrogen-bond acceptors (Lipinski definition) is 3. The van der Waals surface area contributed by atoms with Crippen molar-refractivity contribution in [1.82, 2.24) is 5.32 Å². The van der Waals surface area contributed by atoms with Gasteiger partial charge in [0.1, 0.15) is 0 Å². The van der Waals surface area contributed by atoms with E-state index in [1.807, 2.05) is 0 Å². The zero-order chi connectivity index (χ0) is 11.9. The van der Waals surface area contributed by atoms with E-state index in [1.165, 1.54) is 0 Å². The van der Waals surface area contributed by atoms with Crippen LogP contribution in [0.15, 0.2) is 0 Å². The van der Waals surface area contributed by atoms with Gasteiger partial charge in [0.25, 0.3) is 0 Å². The second kappa shape index (κ2) is 7.20. The molecule has 0 aliphatic carbocycles. The van der Waals surface area contributed by atoms with Gasteiger partial charge in [-0.3, -0.25) is 0 Å². The lowest BCUT2D eigenvalue weighted by Gasteiger charge is -2.29. The molecular weight excluding hydrogens is 188 g/mol. The Morgan fingerprint density at radius 2 is 1.93 bits per heavy atom. The van der Waals surface area contributed by atoms with Crippen LogP contribution < -0.4 is 11.1 Å². The predicted octanol–water partition coefficient (Wildman–Crippen LogP) is 1.62. The van der Waals surface area contributed by atoms with Gasteiger partial charge in [0.15, 0.2) is 0 Å². The SMILES string of the molecule is COC(CN)CCNCC(C)(C)C(C)C. The Morgan fingerprint density at radius 3 is 2.33 bits per heavy atom. The third-order valence-corrected chi connectivity index (χ3v) is 3.38. The first kappa shape index (κ1) is 14.9. The largest absolute Gasteiger partial charge is 0.380 e. The zero-order valence-corrected chi connectivity index (χ0v) is 11.0. The summed E-state index contributed by atoms with van der Waals surface area (Å²) in [5.41, 5.74) is 5.90. The monoisotopic (exact) mass is 216 g/mol. The van der Waals surface area contributed by atoms with E-state index in [0.29, 0.717) is 17.9 Å². The van der Waals surface area contributed by atoms with Crippen molar-refractivity contribution in [1.29, 1.82) is 0 Å². The van der Waals surface area contributed by atoms with Gasteiger partial charge < -0.3 is 15.8 Å². The highest BCUT2D eigenvalue weighted by Gasteiger charge is 2.21. The van der Waals surface area contributed by atoms with Gasteiger partial charge >= 0.3 is 0 Å². The average Bonchev–Trinajstić information content (AvgIpc) is 2.18. The van der Waals surface area contributed by atoms with Crippen molar-refractivity contribution in [3.05, 3.63) is 0 Å². The molecule has 15 heavy (non-hydrogen) atoms. The maximum atomic E-state index is 5.55. The fourth-order valence-electron chi connectivity index (χ4n) is 1.21. The topological polar surface area (TPSA) is 47.3 Å². The molecule has 0 fully saturated rings. The molecule has 0 saturated heterocycles. The van der Waals surface area contributed by atoms with Gasteiger partial charge in [-0.2, -0.15) is 0 Å². The van der Waals surface area contributed by atoms with Crippen molar-refractivity contribution in [2.45, 2.75) is 40.2 Å². The third-order valence-electron chi connectivity index (χ3n) is 3.38. The standard InChI is InChI=1S/C12H28N2O/c1-10(2)12(3,4)9-14-7-6-11(8-13)15-5/h10-11,14H,6-9,13H2,1-5H3. The molecule has 0 amide bonds. The second-order valence-corrected chi connectivity index (χ2v) is 5.20. The van der Waals surface area contributed by atoms with Crippen LogP contribution in [0.4, 0.5) is 0 Å². The molecule has 0 aromatic heterocycles. The van der Waals surface area contributed by atoms with E-state index in [-0.39, 0.29) is 6.10 Å². The lowest BCUT2D eigenvalue weighted by atomic mass is 9.81.